The molecule has 0 spiro atoms. The highest BCUT2D eigenvalue weighted by Gasteiger charge is 2.36. The number of fused-ring (bicyclic) bond motifs is 1. The summed E-state index contributed by atoms with van der Waals surface area (Å²) in [5, 5.41) is 0. The van der Waals surface area contributed by atoms with Crippen molar-refractivity contribution in [2.24, 2.45) is 0 Å². The second-order valence-electron chi connectivity index (χ2n) is 7.59. The minimum absolute atomic E-state index is 0.0724. The van der Waals surface area contributed by atoms with E-state index in [2.05, 4.69) is 0 Å². The number of carbonyl (C=O) groups is 4. The van der Waals surface area contributed by atoms with E-state index in [4.69, 9.17) is 4.74 Å². The third kappa shape index (κ3) is 3.94. The lowest BCUT2D eigenvalue weighted by Crippen LogP contribution is -2.54. The molecule has 1 aromatic carbocycles. The van der Waals surface area contributed by atoms with Gasteiger partial charge in [-0.3, -0.25) is 24.2 Å². The van der Waals surface area contributed by atoms with E-state index in [1.54, 1.807) is 49.9 Å². The fourth-order valence-electron chi connectivity index (χ4n) is 3.09. The van der Waals surface area contributed by atoms with E-state index in [9.17, 15) is 19.2 Å². The Morgan fingerprint density at radius 2 is 1.59 bits per heavy atom. The Morgan fingerprint density at radius 3 is 2.11 bits per heavy atom. The highest BCUT2D eigenvalue weighted by molar-refractivity contribution is 6.21. The SMILES string of the molecule is CC(C)(C)OC(=O)N1CCN(CCN2C(=O)c3ccccc3C2=O)C(=O)C1. The second kappa shape index (κ2) is 7.02. The van der Waals surface area contributed by atoms with Crippen molar-refractivity contribution in [3.63, 3.8) is 0 Å². The van der Waals surface area contributed by atoms with Gasteiger partial charge in [0, 0.05) is 26.2 Å². The first-order valence-electron chi connectivity index (χ1n) is 8.88. The summed E-state index contributed by atoms with van der Waals surface area (Å²) in [7, 11) is 0. The lowest BCUT2D eigenvalue weighted by molar-refractivity contribution is -0.136. The lowest BCUT2D eigenvalue weighted by Gasteiger charge is -2.35. The summed E-state index contributed by atoms with van der Waals surface area (Å²) in [4.78, 5) is 53.3. The summed E-state index contributed by atoms with van der Waals surface area (Å²) < 4.78 is 5.28. The molecule has 0 unspecified atom stereocenters. The van der Waals surface area contributed by atoms with E-state index in [1.165, 1.54) is 4.90 Å². The minimum Gasteiger partial charge on any atom is -0.444 e. The number of piperazine rings is 1. The van der Waals surface area contributed by atoms with Crippen LogP contribution in [0.3, 0.4) is 0 Å². The molecule has 2 heterocycles. The molecular weight excluding hydrogens is 350 g/mol. The maximum absolute atomic E-state index is 12.4. The van der Waals surface area contributed by atoms with Crippen LogP contribution in [0.15, 0.2) is 24.3 Å². The van der Waals surface area contributed by atoms with Gasteiger partial charge in [0.25, 0.3) is 11.8 Å². The van der Waals surface area contributed by atoms with Crippen molar-refractivity contribution in [2.45, 2.75) is 26.4 Å². The molecule has 27 heavy (non-hydrogen) atoms. The molecule has 3 rings (SSSR count). The van der Waals surface area contributed by atoms with Gasteiger partial charge >= 0.3 is 6.09 Å². The molecule has 0 bridgehead atoms. The van der Waals surface area contributed by atoms with E-state index in [-0.39, 0.29) is 37.4 Å². The standard InChI is InChI=1S/C19H23N3O5/c1-19(2,3)27-18(26)21-9-8-20(15(23)12-21)10-11-22-16(24)13-6-4-5-7-14(13)17(22)25/h4-7H,8-12H2,1-3H3. The zero-order valence-corrected chi connectivity index (χ0v) is 15.7. The number of imide groups is 1. The van der Waals surface area contributed by atoms with Crippen molar-refractivity contribution < 1.29 is 23.9 Å². The van der Waals surface area contributed by atoms with Crippen LogP contribution < -0.4 is 0 Å². The molecule has 1 aromatic rings. The number of hydrogen-bond donors (Lipinski definition) is 0. The van der Waals surface area contributed by atoms with Gasteiger partial charge in [0.1, 0.15) is 12.1 Å². The Bertz CT molecular complexity index is 764. The topological polar surface area (TPSA) is 87.2 Å². The lowest BCUT2D eigenvalue weighted by atomic mass is 10.1. The van der Waals surface area contributed by atoms with E-state index < -0.39 is 11.7 Å². The molecule has 0 atom stereocenters. The van der Waals surface area contributed by atoms with Crippen LogP contribution in [0.1, 0.15) is 41.5 Å². The van der Waals surface area contributed by atoms with Gasteiger partial charge in [0.15, 0.2) is 0 Å². The molecule has 8 nitrogen and oxygen atoms in total. The fourth-order valence-corrected chi connectivity index (χ4v) is 3.09. The van der Waals surface area contributed by atoms with E-state index >= 15 is 0 Å². The predicted octanol–water partition coefficient (Wildman–Crippen LogP) is 1.36. The van der Waals surface area contributed by atoms with Gasteiger partial charge in [-0.1, -0.05) is 12.1 Å². The molecule has 4 amide bonds. The quantitative estimate of drug-likeness (QED) is 0.747. The Hall–Kier alpha value is -2.90. The van der Waals surface area contributed by atoms with Crippen molar-refractivity contribution in [3.8, 4) is 0 Å². The normalized spacial score (nSPS) is 17.4. The first-order valence-corrected chi connectivity index (χ1v) is 8.88. The highest BCUT2D eigenvalue weighted by atomic mass is 16.6. The average Bonchev–Trinajstić information content (AvgIpc) is 2.84. The number of benzene rings is 1. The summed E-state index contributed by atoms with van der Waals surface area (Å²) in [5.74, 6) is -0.908. The molecule has 0 radical (unpaired) electrons. The maximum Gasteiger partial charge on any atom is 0.410 e. The molecule has 0 saturated carbocycles. The van der Waals surface area contributed by atoms with Gasteiger partial charge < -0.3 is 9.64 Å². The number of nitrogens with zero attached hydrogens (tertiary/aromatic N) is 3. The van der Waals surface area contributed by atoms with Crippen molar-refractivity contribution in [1.29, 1.82) is 0 Å². The predicted molar refractivity (Wildman–Crippen MR) is 96.2 cm³/mol. The summed E-state index contributed by atoms with van der Waals surface area (Å²) >= 11 is 0. The molecular formula is C19H23N3O5. The van der Waals surface area contributed by atoms with Crippen LogP contribution >= 0.6 is 0 Å². The smallest absolute Gasteiger partial charge is 0.410 e. The average molecular weight is 373 g/mol. The van der Waals surface area contributed by atoms with E-state index in [0.29, 0.717) is 24.2 Å². The van der Waals surface area contributed by atoms with Gasteiger partial charge in [-0.05, 0) is 32.9 Å². The third-order valence-corrected chi connectivity index (χ3v) is 4.44. The first kappa shape index (κ1) is 18.9. The second-order valence-corrected chi connectivity index (χ2v) is 7.59. The molecule has 0 N–H and O–H groups in total. The molecule has 1 saturated heterocycles. The minimum atomic E-state index is -0.622. The number of hydrogen-bond acceptors (Lipinski definition) is 5. The van der Waals surface area contributed by atoms with Crippen LogP contribution in [0.25, 0.3) is 0 Å². The van der Waals surface area contributed by atoms with Crippen molar-refractivity contribution in [2.75, 3.05) is 32.7 Å². The van der Waals surface area contributed by atoms with Crippen molar-refractivity contribution in [1.82, 2.24) is 14.7 Å². The van der Waals surface area contributed by atoms with E-state index in [0.717, 1.165) is 4.90 Å². The van der Waals surface area contributed by atoms with Crippen LogP contribution in [-0.4, -0.2) is 76.8 Å². The Balaban J connectivity index is 1.55. The van der Waals surface area contributed by atoms with Gasteiger partial charge in [-0.2, -0.15) is 0 Å². The fraction of sp³-hybridized carbons (Fsp3) is 0.474. The van der Waals surface area contributed by atoms with Crippen LogP contribution in [0.5, 0.6) is 0 Å². The monoisotopic (exact) mass is 373 g/mol. The van der Waals surface area contributed by atoms with Crippen molar-refractivity contribution >= 4 is 23.8 Å². The largest absolute Gasteiger partial charge is 0.444 e. The highest BCUT2D eigenvalue weighted by Crippen LogP contribution is 2.22. The number of ether oxygens (including phenoxy) is 1. The number of rotatable bonds is 3. The summed E-state index contributed by atoms with van der Waals surface area (Å²) in [6, 6.07) is 6.68. The molecule has 144 valence electrons. The Labute approximate surface area is 157 Å². The zero-order valence-electron chi connectivity index (χ0n) is 15.7. The summed E-state index contributed by atoms with van der Waals surface area (Å²) in [5.41, 5.74) is 0.162. The summed E-state index contributed by atoms with van der Waals surface area (Å²) in [6.45, 7) is 6.29. The van der Waals surface area contributed by atoms with E-state index in [1.807, 2.05) is 0 Å². The first-order chi connectivity index (χ1) is 12.7. The van der Waals surface area contributed by atoms with Crippen LogP contribution in [0.2, 0.25) is 0 Å². The van der Waals surface area contributed by atoms with Crippen molar-refractivity contribution in [3.05, 3.63) is 35.4 Å². The molecule has 2 aliphatic rings. The number of amides is 4. The maximum atomic E-state index is 12.4. The number of carbonyl (C=O) groups excluding carboxylic acids is 4. The third-order valence-electron chi connectivity index (χ3n) is 4.44. The molecule has 2 aliphatic heterocycles. The molecule has 0 aliphatic carbocycles. The summed E-state index contributed by atoms with van der Waals surface area (Å²) in [6.07, 6.45) is -0.518. The Kier molecular flexibility index (Phi) is 4.91. The van der Waals surface area contributed by atoms with Crippen LogP contribution in [-0.2, 0) is 9.53 Å². The van der Waals surface area contributed by atoms with Gasteiger partial charge in [-0.25, -0.2) is 4.79 Å². The molecule has 1 fully saturated rings. The Morgan fingerprint density at radius 1 is 1.00 bits per heavy atom. The van der Waals surface area contributed by atoms with Gasteiger partial charge in [-0.15, -0.1) is 0 Å². The van der Waals surface area contributed by atoms with Gasteiger partial charge in [0.2, 0.25) is 5.91 Å². The molecule has 8 heteroatoms. The van der Waals surface area contributed by atoms with Crippen LogP contribution in [0.4, 0.5) is 4.79 Å². The van der Waals surface area contributed by atoms with Crippen LogP contribution in [0, 0.1) is 0 Å². The zero-order chi connectivity index (χ0) is 19.8. The van der Waals surface area contributed by atoms with Gasteiger partial charge in [0.05, 0.1) is 11.1 Å². The molecule has 0 aromatic heterocycles.